The molecule has 32 heavy (non-hydrogen) atoms. The molecule has 7 heteroatoms. The molecule has 0 bridgehead atoms. The highest BCUT2D eigenvalue weighted by atomic mass is 32.2. The Morgan fingerprint density at radius 1 is 1.00 bits per heavy atom. The molecule has 1 aliphatic rings. The summed E-state index contributed by atoms with van der Waals surface area (Å²) in [6.45, 7) is 0. The van der Waals surface area contributed by atoms with Gasteiger partial charge in [0.25, 0.3) is 5.91 Å². The lowest BCUT2D eigenvalue weighted by atomic mass is 9.97. The summed E-state index contributed by atoms with van der Waals surface area (Å²) in [7, 11) is 2.96. The molecule has 0 saturated heterocycles. The van der Waals surface area contributed by atoms with Crippen LogP contribution < -0.4 is 4.74 Å². The van der Waals surface area contributed by atoms with Gasteiger partial charge in [-0.3, -0.25) is 9.59 Å². The Bertz CT molecular complexity index is 1160. The quantitative estimate of drug-likeness (QED) is 0.500. The lowest BCUT2D eigenvalue weighted by Gasteiger charge is -2.22. The van der Waals surface area contributed by atoms with Crippen molar-refractivity contribution in [1.29, 1.82) is 0 Å². The highest BCUT2D eigenvalue weighted by Gasteiger charge is 2.33. The van der Waals surface area contributed by atoms with Gasteiger partial charge in [0.1, 0.15) is 5.75 Å². The normalized spacial score (nSPS) is 15.5. The van der Waals surface area contributed by atoms with E-state index >= 15 is 0 Å². The number of esters is 1. The van der Waals surface area contributed by atoms with Crippen molar-refractivity contribution in [3.63, 3.8) is 0 Å². The summed E-state index contributed by atoms with van der Waals surface area (Å²) >= 11 is 1.23. The van der Waals surface area contributed by atoms with Gasteiger partial charge in [-0.2, -0.15) is 5.10 Å². The van der Waals surface area contributed by atoms with Crippen LogP contribution in [0.1, 0.15) is 23.6 Å². The van der Waals surface area contributed by atoms with E-state index in [1.807, 2.05) is 42.5 Å². The van der Waals surface area contributed by atoms with E-state index in [2.05, 4.69) is 29.0 Å². The fourth-order valence-corrected chi connectivity index (χ4v) is 4.41. The van der Waals surface area contributed by atoms with E-state index in [0.29, 0.717) is 6.42 Å². The van der Waals surface area contributed by atoms with Crippen LogP contribution in [0.2, 0.25) is 0 Å². The van der Waals surface area contributed by atoms with Gasteiger partial charge in [-0.1, -0.05) is 48.5 Å². The maximum atomic E-state index is 13.0. The Kier molecular flexibility index (Phi) is 6.75. The minimum atomic E-state index is -0.351. The molecule has 4 rings (SSSR count). The first-order chi connectivity index (χ1) is 15.6. The van der Waals surface area contributed by atoms with Crippen LogP contribution in [0.5, 0.6) is 5.75 Å². The second-order valence-corrected chi connectivity index (χ2v) is 8.39. The van der Waals surface area contributed by atoms with E-state index in [1.165, 1.54) is 18.9 Å². The summed E-state index contributed by atoms with van der Waals surface area (Å²) in [6.07, 6.45) is 0.609. The molecular weight excluding hydrogens is 424 g/mol. The number of fused-ring (bicyclic) bond motifs is 1. The minimum absolute atomic E-state index is 0.129. The molecule has 164 valence electrons. The first-order valence-corrected chi connectivity index (χ1v) is 11.4. The van der Waals surface area contributed by atoms with Crippen molar-refractivity contribution in [2.45, 2.75) is 12.5 Å². The molecule has 1 atom stereocenters. The molecule has 1 aliphatic heterocycles. The third-order valence-corrected chi connectivity index (χ3v) is 6.31. The van der Waals surface area contributed by atoms with Crippen LogP contribution in [0, 0.1) is 0 Å². The van der Waals surface area contributed by atoms with Gasteiger partial charge < -0.3 is 9.47 Å². The van der Waals surface area contributed by atoms with Crippen LogP contribution >= 0.6 is 11.8 Å². The molecule has 0 unspecified atom stereocenters. The fraction of sp³-hybridized carbons (Fsp3) is 0.240. The number of hydrogen-bond donors (Lipinski definition) is 0. The maximum absolute atomic E-state index is 13.0. The third kappa shape index (κ3) is 4.78. The van der Waals surface area contributed by atoms with E-state index in [9.17, 15) is 9.59 Å². The van der Waals surface area contributed by atoms with Crippen LogP contribution in [0.25, 0.3) is 10.8 Å². The first kappa shape index (κ1) is 21.9. The zero-order valence-corrected chi connectivity index (χ0v) is 18.8. The topological polar surface area (TPSA) is 68.2 Å². The Balaban J connectivity index is 1.61. The predicted octanol–water partition coefficient (Wildman–Crippen LogP) is 4.43. The highest BCUT2D eigenvalue weighted by Crippen LogP contribution is 2.34. The summed E-state index contributed by atoms with van der Waals surface area (Å²) in [5.74, 6) is 0.543. The summed E-state index contributed by atoms with van der Waals surface area (Å²) in [5.41, 5.74) is 2.85. The summed E-state index contributed by atoms with van der Waals surface area (Å²) < 4.78 is 9.92. The monoisotopic (exact) mass is 448 g/mol. The second kappa shape index (κ2) is 9.87. The maximum Gasteiger partial charge on any atom is 0.315 e. The van der Waals surface area contributed by atoms with Crippen LogP contribution in [0.4, 0.5) is 0 Å². The molecule has 0 saturated carbocycles. The Morgan fingerprint density at radius 2 is 1.75 bits per heavy atom. The van der Waals surface area contributed by atoms with Gasteiger partial charge in [0.15, 0.2) is 0 Å². The van der Waals surface area contributed by atoms with Crippen LogP contribution in [0.3, 0.4) is 0 Å². The zero-order valence-electron chi connectivity index (χ0n) is 18.0. The minimum Gasteiger partial charge on any atom is -0.497 e. The number of ether oxygens (including phenoxy) is 2. The molecule has 1 heterocycles. The SMILES string of the molecule is COC(=O)CSCC(=O)N1N=C(c2ccc3ccccc3c2)C[C@@H]1c1ccc(OC)cc1. The second-order valence-electron chi connectivity index (χ2n) is 7.41. The molecule has 3 aromatic rings. The number of benzene rings is 3. The van der Waals surface area contributed by atoms with E-state index in [4.69, 9.17) is 9.84 Å². The van der Waals surface area contributed by atoms with Crippen molar-refractivity contribution in [2.75, 3.05) is 25.7 Å². The van der Waals surface area contributed by atoms with Crippen molar-refractivity contribution in [1.82, 2.24) is 5.01 Å². The molecule has 0 fully saturated rings. The Morgan fingerprint density at radius 3 is 2.47 bits per heavy atom. The smallest absolute Gasteiger partial charge is 0.315 e. The molecule has 0 radical (unpaired) electrons. The average molecular weight is 449 g/mol. The van der Waals surface area contributed by atoms with Crippen LogP contribution in [-0.4, -0.2) is 48.3 Å². The predicted molar refractivity (Wildman–Crippen MR) is 127 cm³/mol. The largest absolute Gasteiger partial charge is 0.497 e. The number of hydrazone groups is 1. The van der Waals surface area contributed by atoms with Gasteiger partial charge in [0.05, 0.1) is 37.5 Å². The number of rotatable bonds is 7. The van der Waals surface area contributed by atoms with Crippen molar-refractivity contribution in [2.24, 2.45) is 5.10 Å². The van der Waals surface area contributed by atoms with Gasteiger partial charge in [-0.25, -0.2) is 5.01 Å². The van der Waals surface area contributed by atoms with E-state index < -0.39 is 0 Å². The van der Waals surface area contributed by atoms with E-state index in [1.54, 1.807) is 12.1 Å². The summed E-state index contributed by atoms with van der Waals surface area (Å²) in [6, 6.07) is 21.9. The average Bonchev–Trinajstić information content (AvgIpc) is 3.29. The number of nitrogens with zero attached hydrogens (tertiary/aromatic N) is 2. The van der Waals surface area contributed by atoms with Crippen LogP contribution in [0.15, 0.2) is 71.8 Å². The number of methoxy groups -OCH3 is 2. The first-order valence-electron chi connectivity index (χ1n) is 10.3. The number of amides is 1. The number of carbonyl (C=O) groups is 2. The third-order valence-electron chi connectivity index (χ3n) is 5.42. The molecule has 0 aliphatic carbocycles. The number of carbonyl (C=O) groups excluding carboxylic acids is 2. The van der Waals surface area contributed by atoms with Gasteiger partial charge >= 0.3 is 5.97 Å². The molecule has 0 spiro atoms. The van der Waals surface area contributed by atoms with Crippen LogP contribution in [-0.2, 0) is 14.3 Å². The molecule has 6 nitrogen and oxygen atoms in total. The van der Waals surface area contributed by atoms with Crippen molar-refractivity contribution in [3.05, 3.63) is 77.9 Å². The fourth-order valence-electron chi connectivity index (χ4n) is 3.72. The van der Waals surface area contributed by atoms with Crippen molar-refractivity contribution in [3.8, 4) is 5.75 Å². The van der Waals surface area contributed by atoms with Gasteiger partial charge in [-0.15, -0.1) is 11.8 Å². The van der Waals surface area contributed by atoms with Crippen molar-refractivity contribution < 1.29 is 19.1 Å². The van der Waals surface area contributed by atoms with Gasteiger partial charge in [-0.05, 0) is 40.1 Å². The Hall–Kier alpha value is -3.32. The molecule has 3 aromatic carbocycles. The lowest BCUT2D eigenvalue weighted by molar-refractivity contribution is -0.137. The van der Waals surface area contributed by atoms with E-state index in [-0.39, 0.29) is 29.4 Å². The van der Waals surface area contributed by atoms with Gasteiger partial charge in [0.2, 0.25) is 0 Å². The lowest BCUT2D eigenvalue weighted by Crippen LogP contribution is -2.29. The summed E-state index contributed by atoms with van der Waals surface area (Å²) in [4.78, 5) is 24.4. The molecular formula is C25H24N2O4S. The number of hydrogen-bond acceptors (Lipinski definition) is 6. The molecule has 1 amide bonds. The number of thioether (sulfide) groups is 1. The molecule has 0 N–H and O–H groups in total. The summed E-state index contributed by atoms with van der Waals surface area (Å²) in [5, 5.41) is 8.57. The van der Waals surface area contributed by atoms with Gasteiger partial charge in [0, 0.05) is 6.42 Å². The standard InChI is InChI=1S/C25H24N2O4S/c1-30-21-11-9-18(10-12-21)23-14-22(20-8-7-17-5-3-4-6-19(17)13-20)26-27(23)24(28)15-32-16-25(29)31-2/h3-13,23H,14-16H2,1-2H3/t23-/m1/s1. The van der Waals surface area contributed by atoms with E-state index in [0.717, 1.165) is 33.4 Å². The Labute approximate surface area is 191 Å². The highest BCUT2D eigenvalue weighted by molar-refractivity contribution is 8.00. The van der Waals surface area contributed by atoms with Crippen molar-refractivity contribution >= 4 is 40.1 Å². The zero-order chi connectivity index (χ0) is 22.5. The molecule has 0 aromatic heterocycles.